The molecule has 0 saturated carbocycles. The molecule has 0 aromatic carbocycles. The molecule has 0 heterocycles. The molecule has 0 aliphatic rings. The molecule has 0 aromatic heterocycles. The highest BCUT2D eigenvalue weighted by Gasteiger charge is 2.26. The number of carbonyl (C=O) groups excluding carboxylic acids is 2. The molecule has 0 aromatic rings. The molecule has 0 saturated heterocycles. The van der Waals surface area contributed by atoms with Gasteiger partial charge in [-0.15, -0.1) is 0 Å². The molecular weight excluding hydrogens is 226 g/mol. The smallest absolute Gasteiger partial charge is 0.318 e. The fourth-order valence-corrected chi connectivity index (χ4v) is 1.21. The lowest BCUT2D eigenvalue weighted by Crippen LogP contribution is -2.52. The summed E-state index contributed by atoms with van der Waals surface area (Å²) in [5.74, 6) is -1.63. The number of carboxylic acid groups (broad SMARTS) is 1. The van der Waals surface area contributed by atoms with Crippen LogP contribution in [-0.4, -0.2) is 46.5 Å². The molecule has 0 rings (SSSR count). The zero-order chi connectivity index (χ0) is 13.6. The van der Waals surface area contributed by atoms with E-state index in [1.807, 2.05) is 0 Å². The zero-order valence-electron chi connectivity index (χ0n) is 10.3. The third-order valence-electron chi connectivity index (χ3n) is 2.02. The van der Waals surface area contributed by atoms with Crippen LogP contribution in [0.15, 0.2) is 0 Å². The van der Waals surface area contributed by atoms with Crippen molar-refractivity contribution in [1.82, 2.24) is 10.2 Å². The number of hydrogen-bond acceptors (Lipinski definition) is 3. The minimum absolute atomic E-state index is 0.0728. The Labute approximate surface area is 100.0 Å². The lowest BCUT2D eigenvalue weighted by atomic mass is 10.1. The van der Waals surface area contributed by atoms with Crippen molar-refractivity contribution < 1.29 is 19.5 Å². The predicted molar refractivity (Wildman–Crippen MR) is 61.3 cm³/mol. The molecule has 0 atom stereocenters. The minimum atomic E-state index is -0.984. The van der Waals surface area contributed by atoms with Crippen LogP contribution in [0.25, 0.3) is 0 Å². The molecule has 0 fully saturated rings. The summed E-state index contributed by atoms with van der Waals surface area (Å²) in [6, 6.07) is -0.502. The second kappa shape index (κ2) is 6.07. The van der Waals surface area contributed by atoms with Crippen molar-refractivity contribution in [3.8, 4) is 0 Å². The molecule has 0 spiro atoms. The summed E-state index contributed by atoms with van der Waals surface area (Å²) in [4.78, 5) is 34.1. The van der Waals surface area contributed by atoms with Gasteiger partial charge < -0.3 is 21.1 Å². The number of nitrogens with one attached hydrogen (secondary N) is 1. The van der Waals surface area contributed by atoms with Gasteiger partial charge >= 0.3 is 12.0 Å². The van der Waals surface area contributed by atoms with Crippen LogP contribution in [0.3, 0.4) is 0 Å². The Balaban J connectivity index is 4.52. The molecule has 7 nitrogen and oxygen atoms in total. The van der Waals surface area contributed by atoms with E-state index in [0.717, 1.165) is 0 Å². The van der Waals surface area contributed by atoms with Gasteiger partial charge in [0.15, 0.2) is 0 Å². The Kier molecular flexibility index (Phi) is 5.43. The number of carboxylic acids is 1. The number of aliphatic carboxylic acids is 1. The van der Waals surface area contributed by atoms with Crippen LogP contribution < -0.4 is 11.1 Å². The molecule has 3 amide bonds. The molecule has 0 aliphatic heterocycles. The molecule has 0 aliphatic carbocycles. The monoisotopic (exact) mass is 245 g/mol. The largest absolute Gasteiger partial charge is 0.481 e. The summed E-state index contributed by atoms with van der Waals surface area (Å²) in [5, 5.41) is 10.9. The number of carbonyl (C=O) groups is 3. The minimum Gasteiger partial charge on any atom is -0.481 e. The van der Waals surface area contributed by atoms with Gasteiger partial charge in [-0.3, -0.25) is 9.59 Å². The van der Waals surface area contributed by atoms with Crippen LogP contribution in [0.1, 0.15) is 27.2 Å². The maximum atomic E-state index is 11.7. The highest BCUT2D eigenvalue weighted by Crippen LogP contribution is 2.13. The van der Waals surface area contributed by atoms with E-state index in [1.54, 1.807) is 20.8 Å². The first-order valence-corrected chi connectivity index (χ1v) is 5.20. The van der Waals surface area contributed by atoms with E-state index in [9.17, 15) is 14.4 Å². The molecule has 7 heteroatoms. The Morgan fingerprint density at radius 1 is 1.29 bits per heavy atom. The van der Waals surface area contributed by atoms with Crippen LogP contribution in [0, 0.1) is 0 Å². The SMILES string of the molecule is CC(C)(C)N(CCC(=O)O)C(=O)NCC(N)=O. The molecule has 4 N–H and O–H groups in total. The van der Waals surface area contributed by atoms with Gasteiger partial charge in [-0.1, -0.05) is 0 Å². The third-order valence-corrected chi connectivity index (χ3v) is 2.02. The van der Waals surface area contributed by atoms with Crippen molar-refractivity contribution in [2.24, 2.45) is 5.73 Å². The maximum absolute atomic E-state index is 11.7. The van der Waals surface area contributed by atoms with Crippen molar-refractivity contribution in [3.05, 3.63) is 0 Å². The zero-order valence-corrected chi connectivity index (χ0v) is 10.3. The standard InChI is InChI=1S/C10H19N3O4/c1-10(2,3)13(5-4-8(15)16)9(17)12-6-7(11)14/h4-6H2,1-3H3,(H2,11,14)(H,12,17)(H,15,16). The number of hydrogen-bond donors (Lipinski definition) is 3. The number of urea groups is 1. The Morgan fingerprint density at radius 2 is 1.82 bits per heavy atom. The fraction of sp³-hybridized carbons (Fsp3) is 0.700. The van der Waals surface area contributed by atoms with E-state index in [-0.39, 0.29) is 19.5 Å². The summed E-state index contributed by atoms with van der Waals surface area (Å²) in [5.41, 5.74) is 4.38. The number of nitrogens with zero attached hydrogens (tertiary/aromatic N) is 1. The molecule has 0 unspecified atom stereocenters. The second-order valence-corrected chi connectivity index (χ2v) is 4.59. The number of nitrogens with two attached hydrogens (primary N) is 1. The number of rotatable bonds is 5. The van der Waals surface area contributed by atoms with E-state index in [0.29, 0.717) is 0 Å². The molecule has 0 radical (unpaired) electrons. The quantitative estimate of drug-likeness (QED) is 0.620. The fourth-order valence-electron chi connectivity index (χ4n) is 1.21. The maximum Gasteiger partial charge on any atom is 0.318 e. The molecule has 98 valence electrons. The summed E-state index contributed by atoms with van der Waals surface area (Å²) in [6.07, 6.45) is -0.152. The van der Waals surface area contributed by atoms with Gasteiger partial charge in [-0.2, -0.15) is 0 Å². The molecule has 0 bridgehead atoms. The highest BCUT2D eigenvalue weighted by molar-refractivity contribution is 5.83. The van der Waals surface area contributed by atoms with Crippen molar-refractivity contribution >= 4 is 17.9 Å². The first-order valence-electron chi connectivity index (χ1n) is 5.20. The van der Waals surface area contributed by atoms with E-state index in [4.69, 9.17) is 10.8 Å². The van der Waals surface area contributed by atoms with Crippen LogP contribution >= 0.6 is 0 Å². The van der Waals surface area contributed by atoms with Gasteiger partial charge in [0.25, 0.3) is 0 Å². The van der Waals surface area contributed by atoms with E-state index in [2.05, 4.69) is 5.32 Å². The van der Waals surface area contributed by atoms with E-state index >= 15 is 0 Å². The average Bonchev–Trinajstić information content (AvgIpc) is 2.12. The predicted octanol–water partition coefficient (Wildman–Crippen LogP) is -0.243. The summed E-state index contributed by atoms with van der Waals surface area (Å²) in [7, 11) is 0. The van der Waals surface area contributed by atoms with Crippen molar-refractivity contribution in [3.63, 3.8) is 0 Å². The van der Waals surface area contributed by atoms with Crippen LogP contribution in [0.5, 0.6) is 0 Å². The van der Waals surface area contributed by atoms with E-state index in [1.165, 1.54) is 4.90 Å². The van der Waals surface area contributed by atoms with Gasteiger partial charge in [-0.05, 0) is 20.8 Å². The lowest BCUT2D eigenvalue weighted by Gasteiger charge is -2.35. The Hall–Kier alpha value is -1.79. The number of primary amides is 1. The van der Waals surface area contributed by atoms with Crippen molar-refractivity contribution in [1.29, 1.82) is 0 Å². The van der Waals surface area contributed by atoms with Gasteiger partial charge in [0.05, 0.1) is 13.0 Å². The van der Waals surface area contributed by atoms with Crippen LogP contribution in [0.2, 0.25) is 0 Å². The van der Waals surface area contributed by atoms with Gasteiger partial charge in [-0.25, -0.2) is 4.79 Å². The topological polar surface area (TPSA) is 113 Å². The normalized spacial score (nSPS) is 10.8. The average molecular weight is 245 g/mol. The van der Waals surface area contributed by atoms with Crippen molar-refractivity contribution in [2.75, 3.05) is 13.1 Å². The first-order chi connectivity index (χ1) is 7.64. The summed E-state index contributed by atoms with van der Waals surface area (Å²) < 4.78 is 0. The van der Waals surface area contributed by atoms with Gasteiger partial charge in [0, 0.05) is 12.1 Å². The first kappa shape index (κ1) is 15.2. The van der Waals surface area contributed by atoms with Crippen LogP contribution in [-0.2, 0) is 9.59 Å². The van der Waals surface area contributed by atoms with Gasteiger partial charge in [0.1, 0.15) is 0 Å². The Morgan fingerprint density at radius 3 is 2.18 bits per heavy atom. The van der Waals surface area contributed by atoms with Crippen LogP contribution in [0.4, 0.5) is 4.79 Å². The third kappa shape index (κ3) is 6.39. The summed E-state index contributed by atoms with van der Waals surface area (Å²) >= 11 is 0. The van der Waals surface area contributed by atoms with Gasteiger partial charge in [0.2, 0.25) is 5.91 Å². The van der Waals surface area contributed by atoms with E-state index < -0.39 is 23.4 Å². The molecular formula is C10H19N3O4. The highest BCUT2D eigenvalue weighted by atomic mass is 16.4. The number of amides is 3. The lowest BCUT2D eigenvalue weighted by molar-refractivity contribution is -0.137. The summed E-state index contributed by atoms with van der Waals surface area (Å²) in [6.45, 7) is 5.14. The second-order valence-electron chi connectivity index (χ2n) is 4.59. The Bertz CT molecular complexity index is 309. The molecule has 17 heavy (non-hydrogen) atoms. The van der Waals surface area contributed by atoms with Crippen molar-refractivity contribution in [2.45, 2.75) is 32.7 Å².